The molecule has 1 saturated carbocycles. The number of hydrogen-bond acceptors (Lipinski definition) is 2. The minimum atomic E-state index is -0.0231. The van der Waals surface area contributed by atoms with E-state index in [1.165, 1.54) is 44.1 Å². The summed E-state index contributed by atoms with van der Waals surface area (Å²) in [5.41, 5.74) is 3.26. The molecule has 0 bridgehead atoms. The molecule has 1 aliphatic rings. The molecule has 1 fully saturated rings. The summed E-state index contributed by atoms with van der Waals surface area (Å²) in [5.74, 6) is 0.883. The van der Waals surface area contributed by atoms with Crippen LogP contribution in [0.4, 0.5) is 11.4 Å². The minimum Gasteiger partial charge on any atom is -0.382 e. The Morgan fingerprint density at radius 1 is 1.24 bits per heavy atom. The highest BCUT2D eigenvalue weighted by molar-refractivity contribution is 5.89. The van der Waals surface area contributed by atoms with Gasteiger partial charge in [0.2, 0.25) is 5.91 Å². The number of rotatable bonds is 4. The molecular weight excluding hydrogens is 260 g/mol. The van der Waals surface area contributed by atoms with E-state index < -0.39 is 0 Å². The van der Waals surface area contributed by atoms with Crippen molar-refractivity contribution in [3.8, 4) is 0 Å². The SMILES string of the molecule is CCC1CCCC(Nc2cc(NC(C)=O)ccc2C)CC1. The molecule has 0 aromatic heterocycles. The number of carbonyl (C=O) groups is 1. The fourth-order valence-corrected chi connectivity index (χ4v) is 3.21. The topological polar surface area (TPSA) is 41.1 Å². The molecule has 0 aliphatic heterocycles. The second-order valence-electron chi connectivity index (χ2n) is 6.33. The summed E-state index contributed by atoms with van der Waals surface area (Å²) in [7, 11) is 0. The zero-order chi connectivity index (χ0) is 15.2. The summed E-state index contributed by atoms with van der Waals surface area (Å²) >= 11 is 0. The van der Waals surface area contributed by atoms with Gasteiger partial charge < -0.3 is 10.6 Å². The van der Waals surface area contributed by atoms with Crippen LogP contribution >= 0.6 is 0 Å². The third-order valence-electron chi connectivity index (χ3n) is 4.58. The van der Waals surface area contributed by atoms with Crippen molar-refractivity contribution in [2.45, 2.75) is 65.3 Å². The highest BCUT2D eigenvalue weighted by atomic mass is 16.1. The van der Waals surface area contributed by atoms with E-state index in [-0.39, 0.29) is 5.91 Å². The van der Waals surface area contributed by atoms with E-state index in [0.29, 0.717) is 6.04 Å². The van der Waals surface area contributed by atoms with Crippen molar-refractivity contribution >= 4 is 17.3 Å². The molecule has 2 unspecified atom stereocenters. The molecule has 1 aromatic rings. The third-order valence-corrected chi connectivity index (χ3v) is 4.58. The lowest BCUT2D eigenvalue weighted by atomic mass is 9.98. The molecule has 1 aliphatic carbocycles. The summed E-state index contributed by atoms with van der Waals surface area (Å²) in [6.07, 6.45) is 7.84. The minimum absolute atomic E-state index is 0.0231. The van der Waals surface area contributed by atoms with Gasteiger partial charge in [0.15, 0.2) is 0 Å². The van der Waals surface area contributed by atoms with Gasteiger partial charge in [0.1, 0.15) is 0 Å². The lowest BCUT2D eigenvalue weighted by Crippen LogP contribution is -2.19. The summed E-state index contributed by atoms with van der Waals surface area (Å²) in [4.78, 5) is 11.2. The molecule has 2 N–H and O–H groups in total. The van der Waals surface area contributed by atoms with Crippen LogP contribution in [0.25, 0.3) is 0 Å². The second kappa shape index (κ2) is 7.48. The number of amides is 1. The molecule has 2 rings (SSSR count). The van der Waals surface area contributed by atoms with E-state index in [1.54, 1.807) is 6.92 Å². The predicted octanol–water partition coefficient (Wildman–Crippen LogP) is 4.72. The van der Waals surface area contributed by atoms with Crippen LogP contribution in [0.3, 0.4) is 0 Å². The summed E-state index contributed by atoms with van der Waals surface area (Å²) in [5, 5.41) is 6.56. The maximum Gasteiger partial charge on any atom is 0.221 e. The van der Waals surface area contributed by atoms with Crippen molar-refractivity contribution in [2.75, 3.05) is 10.6 Å². The zero-order valence-corrected chi connectivity index (χ0v) is 13.5. The number of anilines is 2. The molecule has 2 atom stereocenters. The number of nitrogens with one attached hydrogen (secondary N) is 2. The Bertz CT molecular complexity index is 484. The van der Waals surface area contributed by atoms with Crippen molar-refractivity contribution in [1.82, 2.24) is 0 Å². The first-order valence-corrected chi connectivity index (χ1v) is 8.23. The molecule has 3 nitrogen and oxygen atoms in total. The summed E-state index contributed by atoms with van der Waals surface area (Å²) < 4.78 is 0. The largest absolute Gasteiger partial charge is 0.382 e. The van der Waals surface area contributed by atoms with E-state index in [9.17, 15) is 4.79 Å². The van der Waals surface area contributed by atoms with Gasteiger partial charge in [-0.2, -0.15) is 0 Å². The average molecular weight is 288 g/mol. The third kappa shape index (κ3) is 4.76. The quantitative estimate of drug-likeness (QED) is 0.787. The maximum atomic E-state index is 11.2. The smallest absolute Gasteiger partial charge is 0.221 e. The lowest BCUT2D eigenvalue weighted by molar-refractivity contribution is -0.114. The van der Waals surface area contributed by atoms with Crippen LogP contribution in [0.5, 0.6) is 0 Å². The Morgan fingerprint density at radius 2 is 2.05 bits per heavy atom. The highest BCUT2D eigenvalue weighted by Crippen LogP contribution is 2.29. The zero-order valence-electron chi connectivity index (χ0n) is 13.5. The molecule has 116 valence electrons. The number of benzene rings is 1. The Balaban J connectivity index is 2.02. The molecule has 1 amide bonds. The van der Waals surface area contributed by atoms with Crippen LogP contribution in [0.15, 0.2) is 18.2 Å². The van der Waals surface area contributed by atoms with Gasteiger partial charge in [-0.15, -0.1) is 0 Å². The van der Waals surface area contributed by atoms with Gasteiger partial charge in [-0.25, -0.2) is 0 Å². The Morgan fingerprint density at radius 3 is 2.76 bits per heavy atom. The molecule has 0 spiro atoms. The molecule has 1 aromatic carbocycles. The van der Waals surface area contributed by atoms with Gasteiger partial charge in [-0.1, -0.05) is 32.3 Å². The Kier molecular flexibility index (Phi) is 5.66. The van der Waals surface area contributed by atoms with Crippen molar-refractivity contribution in [2.24, 2.45) is 5.92 Å². The summed E-state index contributed by atoms with van der Waals surface area (Å²) in [6, 6.07) is 6.65. The van der Waals surface area contributed by atoms with E-state index in [0.717, 1.165) is 17.3 Å². The maximum absolute atomic E-state index is 11.2. The first-order chi connectivity index (χ1) is 10.1. The number of carbonyl (C=O) groups excluding carboxylic acids is 1. The Labute approximate surface area is 128 Å². The first kappa shape index (κ1) is 15.9. The predicted molar refractivity (Wildman–Crippen MR) is 89.8 cm³/mol. The molecule has 21 heavy (non-hydrogen) atoms. The van der Waals surface area contributed by atoms with E-state index >= 15 is 0 Å². The highest BCUT2D eigenvalue weighted by Gasteiger charge is 2.18. The normalized spacial score (nSPS) is 22.4. The molecule has 0 saturated heterocycles. The second-order valence-corrected chi connectivity index (χ2v) is 6.33. The van der Waals surface area contributed by atoms with Gasteiger partial charge >= 0.3 is 0 Å². The van der Waals surface area contributed by atoms with Gasteiger partial charge in [0.25, 0.3) is 0 Å². The van der Waals surface area contributed by atoms with Crippen LogP contribution in [0.1, 0.15) is 57.9 Å². The van der Waals surface area contributed by atoms with Crippen molar-refractivity contribution in [3.63, 3.8) is 0 Å². The molecule has 3 heteroatoms. The van der Waals surface area contributed by atoms with Crippen LogP contribution < -0.4 is 10.6 Å². The van der Waals surface area contributed by atoms with Gasteiger partial charge in [-0.3, -0.25) is 4.79 Å². The summed E-state index contributed by atoms with van der Waals surface area (Å²) in [6.45, 7) is 5.97. The number of aryl methyl sites for hydroxylation is 1. The first-order valence-electron chi connectivity index (χ1n) is 8.23. The van der Waals surface area contributed by atoms with Crippen LogP contribution in [-0.2, 0) is 4.79 Å². The van der Waals surface area contributed by atoms with Crippen molar-refractivity contribution in [3.05, 3.63) is 23.8 Å². The Hall–Kier alpha value is -1.51. The van der Waals surface area contributed by atoms with Crippen molar-refractivity contribution in [1.29, 1.82) is 0 Å². The fourth-order valence-electron chi connectivity index (χ4n) is 3.21. The lowest BCUT2D eigenvalue weighted by Gasteiger charge is -2.20. The van der Waals surface area contributed by atoms with E-state index in [4.69, 9.17) is 0 Å². The average Bonchev–Trinajstić information content (AvgIpc) is 2.67. The monoisotopic (exact) mass is 288 g/mol. The van der Waals surface area contributed by atoms with E-state index in [1.807, 2.05) is 6.07 Å². The molecule has 0 heterocycles. The fraction of sp³-hybridized carbons (Fsp3) is 0.611. The van der Waals surface area contributed by atoms with Crippen LogP contribution in [-0.4, -0.2) is 11.9 Å². The van der Waals surface area contributed by atoms with Crippen LogP contribution in [0.2, 0.25) is 0 Å². The van der Waals surface area contributed by atoms with Gasteiger partial charge in [0, 0.05) is 24.3 Å². The molecular formula is C18H28N2O. The van der Waals surface area contributed by atoms with E-state index in [2.05, 4.69) is 36.6 Å². The van der Waals surface area contributed by atoms with Gasteiger partial charge in [0.05, 0.1) is 0 Å². The van der Waals surface area contributed by atoms with Crippen molar-refractivity contribution < 1.29 is 4.79 Å². The molecule has 0 radical (unpaired) electrons. The van der Waals surface area contributed by atoms with Gasteiger partial charge in [-0.05, 0) is 49.8 Å². The standard InChI is InChI=1S/C18H28N2O/c1-4-15-6-5-7-16(11-9-15)20-18-12-17(19-14(3)21)10-8-13(18)2/h8,10,12,15-16,20H,4-7,9,11H2,1-3H3,(H,19,21). The van der Waals surface area contributed by atoms with Crippen LogP contribution in [0, 0.1) is 12.8 Å². The number of hydrogen-bond donors (Lipinski definition) is 2.